The average molecular weight is 395 g/mol. The van der Waals surface area contributed by atoms with Crippen LogP contribution in [0.5, 0.6) is 0 Å². The van der Waals surface area contributed by atoms with Gasteiger partial charge in [0.1, 0.15) is 10.7 Å². The van der Waals surface area contributed by atoms with Crippen LogP contribution in [0.1, 0.15) is 15.2 Å². The lowest BCUT2D eigenvalue weighted by Crippen LogP contribution is -2.18. The van der Waals surface area contributed by atoms with Gasteiger partial charge in [-0.25, -0.2) is 9.78 Å². The summed E-state index contributed by atoms with van der Waals surface area (Å²) < 4.78 is 3.23. The Labute approximate surface area is 167 Å². The van der Waals surface area contributed by atoms with E-state index in [9.17, 15) is 9.90 Å². The lowest BCUT2D eigenvalue weighted by molar-refractivity contribution is 0.0702. The van der Waals surface area contributed by atoms with Crippen molar-refractivity contribution in [3.63, 3.8) is 0 Å². The summed E-state index contributed by atoms with van der Waals surface area (Å²) in [4.78, 5) is 21.4. The molecule has 0 bridgehead atoms. The van der Waals surface area contributed by atoms with Gasteiger partial charge in [0.05, 0.1) is 15.9 Å². The third-order valence-electron chi connectivity index (χ3n) is 4.85. The number of aromatic amines is 1. The van der Waals surface area contributed by atoms with Gasteiger partial charge < -0.3 is 19.6 Å². The van der Waals surface area contributed by atoms with Gasteiger partial charge in [-0.1, -0.05) is 12.1 Å². The van der Waals surface area contributed by atoms with E-state index >= 15 is 0 Å². The summed E-state index contributed by atoms with van der Waals surface area (Å²) in [5.41, 5.74) is 5.45. The Morgan fingerprint density at radius 3 is 2.75 bits per heavy atom. The quantitative estimate of drug-likeness (QED) is 0.510. The van der Waals surface area contributed by atoms with E-state index in [4.69, 9.17) is 0 Å². The fraction of sp³-hybridized carbons (Fsp3) is 0.238. The molecule has 0 fully saturated rings. The molecule has 6 nitrogen and oxygen atoms in total. The van der Waals surface area contributed by atoms with Crippen LogP contribution in [0.3, 0.4) is 0 Å². The number of aromatic nitrogens is 3. The number of hydrogen-bond donors (Lipinski definition) is 2. The Balaban J connectivity index is 1.82. The van der Waals surface area contributed by atoms with Crippen LogP contribution in [0.2, 0.25) is 0 Å². The number of likely N-dealkylation sites (N-methyl/N-ethyl adjacent to an activating group) is 1. The second-order valence-electron chi connectivity index (χ2n) is 7.12. The van der Waals surface area contributed by atoms with E-state index in [-0.39, 0.29) is 0 Å². The number of aryl methyl sites for hydroxylation is 1. The predicted octanol–water partition coefficient (Wildman–Crippen LogP) is 4.33. The molecular weight excluding hydrogens is 372 g/mol. The van der Waals surface area contributed by atoms with E-state index < -0.39 is 5.97 Å². The number of carbonyl (C=O) groups is 1. The molecule has 0 aliphatic rings. The van der Waals surface area contributed by atoms with Crippen LogP contribution in [0.4, 0.5) is 0 Å². The minimum Gasteiger partial charge on any atom is -0.477 e. The Morgan fingerprint density at radius 1 is 1.29 bits per heavy atom. The highest BCUT2D eigenvalue weighted by Crippen LogP contribution is 2.36. The Morgan fingerprint density at radius 2 is 2.11 bits per heavy atom. The van der Waals surface area contributed by atoms with Crippen molar-refractivity contribution in [2.24, 2.45) is 0 Å². The molecule has 144 valence electrons. The van der Waals surface area contributed by atoms with Crippen LogP contribution < -0.4 is 0 Å². The number of H-pyrrole nitrogens is 1. The van der Waals surface area contributed by atoms with Crippen LogP contribution in [-0.2, 0) is 6.54 Å². The van der Waals surface area contributed by atoms with Crippen LogP contribution in [-0.4, -0.2) is 51.2 Å². The van der Waals surface area contributed by atoms with E-state index in [1.807, 2.05) is 20.3 Å². The number of fused-ring (bicyclic) bond motifs is 1. The topological polar surface area (TPSA) is 74.1 Å². The molecule has 0 aliphatic carbocycles. The number of nitrogens with zero attached hydrogens (tertiary/aromatic N) is 3. The Hall–Kier alpha value is -2.90. The summed E-state index contributed by atoms with van der Waals surface area (Å²) in [6.07, 6.45) is 3.57. The monoisotopic (exact) mass is 394 g/mol. The van der Waals surface area contributed by atoms with Gasteiger partial charge in [0.25, 0.3) is 0 Å². The smallest absolute Gasteiger partial charge is 0.345 e. The van der Waals surface area contributed by atoms with Crippen LogP contribution in [0.25, 0.3) is 32.9 Å². The van der Waals surface area contributed by atoms with E-state index in [1.165, 1.54) is 11.3 Å². The third-order valence-corrected chi connectivity index (χ3v) is 5.90. The lowest BCUT2D eigenvalue weighted by Gasteiger charge is -2.16. The van der Waals surface area contributed by atoms with Gasteiger partial charge in [-0.15, -0.1) is 11.3 Å². The Bertz CT molecular complexity index is 1140. The molecule has 4 aromatic rings. The number of benzene rings is 1. The van der Waals surface area contributed by atoms with Crippen molar-refractivity contribution in [2.75, 3.05) is 20.6 Å². The van der Waals surface area contributed by atoms with Gasteiger partial charge in [-0.3, -0.25) is 0 Å². The van der Waals surface area contributed by atoms with Crippen molar-refractivity contribution in [2.45, 2.75) is 13.5 Å². The van der Waals surface area contributed by atoms with Gasteiger partial charge >= 0.3 is 5.97 Å². The molecule has 0 saturated carbocycles. The van der Waals surface area contributed by atoms with E-state index in [0.29, 0.717) is 4.88 Å². The predicted molar refractivity (Wildman–Crippen MR) is 113 cm³/mol. The zero-order valence-corrected chi connectivity index (χ0v) is 16.9. The molecule has 0 amide bonds. The van der Waals surface area contributed by atoms with Gasteiger partial charge in [0.2, 0.25) is 0 Å². The zero-order valence-electron chi connectivity index (χ0n) is 16.1. The van der Waals surface area contributed by atoms with Crippen LogP contribution in [0.15, 0.2) is 42.7 Å². The molecule has 1 aromatic carbocycles. The highest BCUT2D eigenvalue weighted by atomic mass is 32.1. The zero-order chi connectivity index (χ0) is 19.8. The summed E-state index contributed by atoms with van der Waals surface area (Å²) in [5.74, 6) is -0.0226. The molecule has 4 rings (SSSR count). The van der Waals surface area contributed by atoms with E-state index in [0.717, 1.165) is 51.5 Å². The molecule has 0 aliphatic heterocycles. The number of hydrogen-bond acceptors (Lipinski definition) is 4. The largest absolute Gasteiger partial charge is 0.477 e. The molecule has 0 atom stereocenters. The molecule has 0 saturated heterocycles. The molecule has 0 spiro atoms. The molecule has 2 N–H and O–H groups in total. The van der Waals surface area contributed by atoms with Crippen molar-refractivity contribution >= 4 is 27.5 Å². The normalized spacial score (nSPS) is 11.6. The lowest BCUT2D eigenvalue weighted by atomic mass is 10.0. The van der Waals surface area contributed by atoms with Crippen molar-refractivity contribution in [1.29, 1.82) is 0 Å². The first-order valence-electron chi connectivity index (χ1n) is 9.06. The minimum absolute atomic E-state index is 0.375. The Kier molecular flexibility index (Phi) is 4.78. The van der Waals surface area contributed by atoms with E-state index in [2.05, 4.69) is 50.6 Å². The summed E-state index contributed by atoms with van der Waals surface area (Å²) in [6.45, 7) is 3.77. The highest BCUT2D eigenvalue weighted by Gasteiger charge is 2.18. The molecule has 3 aromatic heterocycles. The third kappa shape index (κ3) is 3.34. The van der Waals surface area contributed by atoms with Gasteiger partial charge in [0.15, 0.2) is 0 Å². The number of thiophene rings is 1. The SMILES string of the molecule is Cc1cc(-c2ncc[nH]2)ccc1-c1cc2sc(C(=O)O)cc2n1CCN(C)C. The van der Waals surface area contributed by atoms with Gasteiger partial charge in [-0.2, -0.15) is 0 Å². The first kappa shape index (κ1) is 18.5. The van der Waals surface area contributed by atoms with Crippen LogP contribution >= 0.6 is 11.3 Å². The fourth-order valence-electron chi connectivity index (χ4n) is 3.43. The summed E-state index contributed by atoms with van der Waals surface area (Å²) in [6, 6.07) is 10.2. The maximum Gasteiger partial charge on any atom is 0.345 e. The molecular formula is C21H22N4O2S. The van der Waals surface area contributed by atoms with Crippen molar-refractivity contribution in [3.05, 3.63) is 53.2 Å². The molecule has 28 heavy (non-hydrogen) atoms. The number of aromatic carboxylic acids is 1. The highest BCUT2D eigenvalue weighted by molar-refractivity contribution is 7.20. The van der Waals surface area contributed by atoms with Gasteiger partial charge in [0, 0.05) is 36.6 Å². The number of imidazole rings is 1. The maximum absolute atomic E-state index is 11.4. The maximum atomic E-state index is 11.4. The molecule has 0 unspecified atom stereocenters. The van der Waals surface area contributed by atoms with Crippen molar-refractivity contribution in [1.82, 2.24) is 19.4 Å². The first-order valence-corrected chi connectivity index (χ1v) is 9.87. The second-order valence-corrected chi connectivity index (χ2v) is 8.20. The van der Waals surface area contributed by atoms with Crippen LogP contribution in [0, 0.1) is 6.92 Å². The average Bonchev–Trinajstić information content (AvgIpc) is 3.36. The number of carboxylic acids is 1. The molecule has 7 heteroatoms. The van der Waals surface area contributed by atoms with Gasteiger partial charge in [-0.05, 0) is 44.8 Å². The second kappa shape index (κ2) is 7.26. The fourth-order valence-corrected chi connectivity index (χ4v) is 4.37. The summed E-state index contributed by atoms with van der Waals surface area (Å²) >= 11 is 1.33. The number of nitrogens with one attached hydrogen (secondary N) is 1. The summed E-state index contributed by atoms with van der Waals surface area (Å²) in [7, 11) is 4.08. The minimum atomic E-state index is -0.874. The van der Waals surface area contributed by atoms with Crippen molar-refractivity contribution < 1.29 is 9.90 Å². The first-order chi connectivity index (χ1) is 13.4. The summed E-state index contributed by atoms with van der Waals surface area (Å²) in [5, 5.41) is 9.35. The van der Waals surface area contributed by atoms with E-state index in [1.54, 1.807) is 12.3 Å². The number of carboxylic acid groups (broad SMARTS) is 1. The molecule has 0 radical (unpaired) electrons. The molecule has 3 heterocycles. The standard InChI is InChI=1S/C21H22N4O2S/c1-13-10-14(20-22-6-7-23-20)4-5-15(13)16-11-18-17(12-19(28-18)21(26)27)25(16)9-8-24(2)3/h4-7,10-12H,8-9H2,1-3H3,(H,22,23)(H,26,27). The van der Waals surface area contributed by atoms with Crippen molar-refractivity contribution in [3.8, 4) is 22.6 Å². The number of rotatable bonds is 6.